The lowest BCUT2D eigenvalue weighted by Crippen LogP contribution is -2.43. The smallest absolute Gasteiger partial charge is 0.289 e. The Kier molecular flexibility index (Phi) is 4.17. The number of aromatic nitrogens is 1. The van der Waals surface area contributed by atoms with Gasteiger partial charge in [-0.15, -0.1) is 0 Å². The van der Waals surface area contributed by atoms with Crippen LogP contribution in [0.15, 0.2) is 4.42 Å². The monoisotopic (exact) mass is 300 g/mol. The minimum atomic E-state index is -3.04. The zero-order valence-electron chi connectivity index (χ0n) is 12.0. The molecule has 1 N–H and O–H groups in total. The lowest BCUT2D eigenvalue weighted by Gasteiger charge is -2.22. The van der Waals surface area contributed by atoms with Crippen molar-refractivity contribution in [2.75, 3.05) is 11.5 Å². The van der Waals surface area contributed by atoms with E-state index in [-0.39, 0.29) is 35.1 Å². The molecular weight excluding hydrogens is 280 g/mol. The second kappa shape index (κ2) is 5.55. The number of aryl methyl sites for hydroxylation is 1. The fourth-order valence-corrected chi connectivity index (χ4v) is 3.90. The molecule has 6 nitrogen and oxygen atoms in total. The molecular formula is C13H20N2O4S. The first kappa shape index (κ1) is 15.0. The van der Waals surface area contributed by atoms with E-state index in [0.29, 0.717) is 24.4 Å². The average molecular weight is 300 g/mol. The highest BCUT2D eigenvalue weighted by molar-refractivity contribution is 7.91. The van der Waals surface area contributed by atoms with Crippen molar-refractivity contribution in [1.29, 1.82) is 0 Å². The Morgan fingerprint density at radius 2 is 2.15 bits per heavy atom. The molecule has 0 saturated carbocycles. The molecule has 0 aliphatic carbocycles. The van der Waals surface area contributed by atoms with E-state index in [1.807, 2.05) is 13.8 Å². The molecule has 1 amide bonds. The molecule has 7 heteroatoms. The largest absolute Gasteiger partial charge is 0.435 e. The van der Waals surface area contributed by atoms with Gasteiger partial charge in [-0.25, -0.2) is 13.4 Å². The molecule has 2 heterocycles. The number of oxazole rings is 1. The molecule has 1 saturated heterocycles. The Labute approximate surface area is 118 Å². The minimum absolute atomic E-state index is 0.00294. The van der Waals surface area contributed by atoms with Gasteiger partial charge in [0.1, 0.15) is 0 Å². The Hall–Kier alpha value is -1.37. The van der Waals surface area contributed by atoms with Gasteiger partial charge in [0.15, 0.2) is 15.7 Å². The molecule has 1 aliphatic heterocycles. The van der Waals surface area contributed by atoms with E-state index < -0.39 is 9.84 Å². The van der Waals surface area contributed by atoms with Gasteiger partial charge in [-0.1, -0.05) is 13.8 Å². The van der Waals surface area contributed by atoms with Crippen LogP contribution in [0, 0.1) is 6.92 Å². The Morgan fingerprint density at radius 1 is 1.45 bits per heavy atom. The molecule has 0 spiro atoms. The highest BCUT2D eigenvalue weighted by Gasteiger charge is 2.28. The van der Waals surface area contributed by atoms with Crippen LogP contribution in [0.1, 0.15) is 54.7 Å². The summed E-state index contributed by atoms with van der Waals surface area (Å²) in [6.45, 7) is 5.57. The molecule has 1 aromatic heterocycles. The summed E-state index contributed by atoms with van der Waals surface area (Å²) in [5.41, 5.74) is 0.532. The Morgan fingerprint density at radius 3 is 2.70 bits per heavy atom. The van der Waals surface area contributed by atoms with Crippen molar-refractivity contribution in [2.24, 2.45) is 0 Å². The van der Waals surface area contributed by atoms with Gasteiger partial charge in [0.05, 0.1) is 17.2 Å². The van der Waals surface area contributed by atoms with Crippen molar-refractivity contribution in [3.8, 4) is 0 Å². The standard InChI is InChI=1S/C13H20N2O4S/c1-8(2)13-14-9(3)11(19-13)12(16)15-10-5-4-6-20(17,18)7-10/h8,10H,4-7H2,1-3H3,(H,15,16). The summed E-state index contributed by atoms with van der Waals surface area (Å²) in [6.07, 6.45) is 1.26. The van der Waals surface area contributed by atoms with Crippen LogP contribution >= 0.6 is 0 Å². The van der Waals surface area contributed by atoms with E-state index in [4.69, 9.17) is 4.42 Å². The number of hydrogen-bond donors (Lipinski definition) is 1. The summed E-state index contributed by atoms with van der Waals surface area (Å²) in [7, 11) is -3.04. The van der Waals surface area contributed by atoms with Gasteiger partial charge < -0.3 is 9.73 Å². The molecule has 1 unspecified atom stereocenters. The van der Waals surface area contributed by atoms with E-state index in [1.165, 1.54) is 0 Å². The first-order valence-electron chi connectivity index (χ1n) is 6.77. The number of hydrogen-bond acceptors (Lipinski definition) is 5. The van der Waals surface area contributed by atoms with Crippen LogP contribution in [0.2, 0.25) is 0 Å². The number of nitrogens with one attached hydrogen (secondary N) is 1. The van der Waals surface area contributed by atoms with Crippen LogP contribution in [-0.4, -0.2) is 36.9 Å². The summed E-state index contributed by atoms with van der Waals surface area (Å²) in [4.78, 5) is 16.3. The molecule has 1 aromatic rings. The Bertz CT molecular complexity index is 604. The molecule has 20 heavy (non-hydrogen) atoms. The van der Waals surface area contributed by atoms with Crippen molar-refractivity contribution < 1.29 is 17.6 Å². The summed E-state index contributed by atoms with van der Waals surface area (Å²) in [6, 6.07) is -0.340. The lowest BCUT2D eigenvalue weighted by molar-refractivity contribution is 0.0907. The number of amides is 1. The predicted octanol–water partition coefficient (Wildman–Crippen LogP) is 1.41. The van der Waals surface area contributed by atoms with Crippen LogP contribution in [0.5, 0.6) is 0 Å². The number of carbonyl (C=O) groups is 1. The Balaban J connectivity index is 2.08. The summed E-state index contributed by atoms with van der Waals surface area (Å²) >= 11 is 0. The van der Waals surface area contributed by atoms with Gasteiger partial charge in [-0.05, 0) is 19.8 Å². The van der Waals surface area contributed by atoms with Crippen LogP contribution in [-0.2, 0) is 9.84 Å². The van der Waals surface area contributed by atoms with Crippen LogP contribution in [0.4, 0.5) is 0 Å². The zero-order valence-corrected chi connectivity index (χ0v) is 12.8. The quantitative estimate of drug-likeness (QED) is 0.911. The van der Waals surface area contributed by atoms with Crippen molar-refractivity contribution in [1.82, 2.24) is 10.3 Å². The molecule has 112 valence electrons. The van der Waals surface area contributed by atoms with E-state index in [1.54, 1.807) is 6.92 Å². The third-order valence-corrected chi connectivity index (χ3v) is 5.13. The number of nitrogens with zero attached hydrogens (tertiary/aromatic N) is 1. The lowest BCUT2D eigenvalue weighted by atomic mass is 10.2. The second-order valence-electron chi connectivity index (χ2n) is 5.55. The van der Waals surface area contributed by atoms with Crippen molar-refractivity contribution in [3.63, 3.8) is 0 Å². The maximum absolute atomic E-state index is 12.1. The van der Waals surface area contributed by atoms with E-state index in [9.17, 15) is 13.2 Å². The van der Waals surface area contributed by atoms with Crippen LogP contribution in [0.25, 0.3) is 0 Å². The molecule has 0 aromatic carbocycles. The highest BCUT2D eigenvalue weighted by Crippen LogP contribution is 2.19. The van der Waals surface area contributed by atoms with Gasteiger partial charge in [-0.3, -0.25) is 4.79 Å². The van der Waals surface area contributed by atoms with E-state index in [2.05, 4.69) is 10.3 Å². The number of rotatable bonds is 3. The van der Waals surface area contributed by atoms with Crippen LogP contribution in [0.3, 0.4) is 0 Å². The van der Waals surface area contributed by atoms with E-state index in [0.717, 1.165) is 0 Å². The van der Waals surface area contributed by atoms with Gasteiger partial charge in [0, 0.05) is 12.0 Å². The molecule has 1 aliphatic rings. The summed E-state index contributed by atoms with van der Waals surface area (Å²) in [5, 5.41) is 2.73. The summed E-state index contributed by atoms with van der Waals surface area (Å²) in [5.74, 6) is 0.621. The molecule has 1 atom stereocenters. The maximum atomic E-state index is 12.1. The third-order valence-electron chi connectivity index (χ3n) is 3.31. The maximum Gasteiger partial charge on any atom is 0.289 e. The normalized spacial score (nSPS) is 21.9. The molecule has 0 radical (unpaired) electrons. The molecule has 1 fully saturated rings. The van der Waals surface area contributed by atoms with Gasteiger partial charge in [-0.2, -0.15) is 0 Å². The van der Waals surface area contributed by atoms with Gasteiger partial charge >= 0.3 is 0 Å². The number of carbonyl (C=O) groups excluding carboxylic acids is 1. The average Bonchev–Trinajstić information content (AvgIpc) is 2.70. The minimum Gasteiger partial charge on any atom is -0.435 e. The topological polar surface area (TPSA) is 89.3 Å². The van der Waals surface area contributed by atoms with Gasteiger partial charge in [0.2, 0.25) is 5.76 Å². The predicted molar refractivity (Wildman–Crippen MR) is 74.5 cm³/mol. The van der Waals surface area contributed by atoms with Crippen molar-refractivity contribution in [3.05, 3.63) is 17.3 Å². The molecule has 2 rings (SSSR count). The third kappa shape index (κ3) is 3.39. The fourth-order valence-electron chi connectivity index (χ4n) is 2.26. The van der Waals surface area contributed by atoms with Gasteiger partial charge in [0.25, 0.3) is 5.91 Å². The van der Waals surface area contributed by atoms with Crippen molar-refractivity contribution in [2.45, 2.75) is 45.6 Å². The first-order valence-corrected chi connectivity index (χ1v) is 8.59. The van der Waals surface area contributed by atoms with E-state index >= 15 is 0 Å². The summed E-state index contributed by atoms with van der Waals surface area (Å²) < 4.78 is 28.6. The van der Waals surface area contributed by atoms with Crippen LogP contribution < -0.4 is 5.32 Å². The SMILES string of the molecule is Cc1nc(C(C)C)oc1C(=O)NC1CCCS(=O)(=O)C1. The number of sulfone groups is 1. The van der Waals surface area contributed by atoms with Crippen molar-refractivity contribution >= 4 is 15.7 Å². The highest BCUT2D eigenvalue weighted by atomic mass is 32.2. The molecule has 0 bridgehead atoms. The first-order chi connectivity index (χ1) is 9.28. The zero-order chi connectivity index (χ0) is 14.9. The fraction of sp³-hybridized carbons (Fsp3) is 0.692. The second-order valence-corrected chi connectivity index (χ2v) is 7.78.